The van der Waals surface area contributed by atoms with Gasteiger partial charge in [-0.1, -0.05) is 6.42 Å². The summed E-state index contributed by atoms with van der Waals surface area (Å²) in [5.74, 6) is -1.14. The average molecular weight is 178 g/mol. The van der Waals surface area contributed by atoms with E-state index in [1.807, 2.05) is 0 Å². The summed E-state index contributed by atoms with van der Waals surface area (Å²) < 4.78 is 29.7. The Bertz CT molecular complexity index is 134. The van der Waals surface area contributed by atoms with Crippen LogP contribution in [0.25, 0.3) is 0 Å². The van der Waals surface area contributed by atoms with Crippen molar-refractivity contribution in [2.45, 2.75) is 24.7 Å². The van der Waals surface area contributed by atoms with Crippen LogP contribution < -0.4 is 0 Å². The molecule has 1 nitrogen and oxygen atoms in total. The molecule has 2 unspecified atom stereocenters. The van der Waals surface area contributed by atoms with Gasteiger partial charge in [0.15, 0.2) is 0 Å². The fraction of sp³-hybridized carbons (Fsp3) is 0.714. The lowest BCUT2D eigenvalue weighted by Gasteiger charge is -2.21. The fourth-order valence-corrected chi connectivity index (χ4v) is 3.37. The smallest absolute Gasteiger partial charge is 0.216 e. The third kappa shape index (κ3) is 2.71. The van der Waals surface area contributed by atoms with Gasteiger partial charge in [-0.2, -0.15) is 0 Å². The molecule has 0 aromatic carbocycles. The lowest BCUT2D eigenvalue weighted by atomic mass is 10.4. The van der Waals surface area contributed by atoms with Crippen molar-refractivity contribution in [3.63, 3.8) is 0 Å². The van der Waals surface area contributed by atoms with E-state index in [0.29, 0.717) is 6.61 Å². The van der Waals surface area contributed by atoms with Gasteiger partial charge < -0.3 is 4.43 Å². The van der Waals surface area contributed by atoms with Gasteiger partial charge in [0.25, 0.3) is 0 Å². The molecule has 0 aliphatic carbocycles. The summed E-state index contributed by atoms with van der Waals surface area (Å²) in [7, 11) is -1.73. The maximum absolute atomic E-state index is 12.9. The Hall–Kier alpha value is -0.223. The standard InChI is InChI=1S/C7H12F2OSi/c8-4-3-7(9)11-6-2-1-5-10-11/h3-4,7,11H,1-2,5-6H2. The zero-order valence-electron chi connectivity index (χ0n) is 6.30. The Balaban J connectivity index is 2.32. The molecule has 1 heterocycles. The number of hydrogen-bond acceptors (Lipinski definition) is 1. The van der Waals surface area contributed by atoms with Crippen LogP contribution in [0.4, 0.5) is 8.78 Å². The lowest BCUT2D eigenvalue weighted by Crippen LogP contribution is -2.32. The highest BCUT2D eigenvalue weighted by Gasteiger charge is 2.24. The van der Waals surface area contributed by atoms with Crippen LogP contribution in [0.1, 0.15) is 12.8 Å². The molecule has 11 heavy (non-hydrogen) atoms. The highest BCUT2D eigenvalue weighted by Crippen LogP contribution is 2.16. The number of hydrogen-bond donors (Lipinski definition) is 0. The number of halogens is 2. The summed E-state index contributed by atoms with van der Waals surface area (Å²) >= 11 is 0. The van der Waals surface area contributed by atoms with Crippen LogP contribution in [0.15, 0.2) is 12.4 Å². The molecule has 2 atom stereocenters. The van der Waals surface area contributed by atoms with Crippen molar-refractivity contribution < 1.29 is 13.2 Å². The SMILES string of the molecule is FC=CC(F)[SiH]1CCCCO1. The Morgan fingerprint density at radius 1 is 1.45 bits per heavy atom. The third-order valence-corrected chi connectivity index (χ3v) is 4.40. The Kier molecular flexibility index (Phi) is 3.72. The number of alkyl halides is 1. The molecule has 1 rings (SSSR count). The highest BCUT2D eigenvalue weighted by atomic mass is 28.3. The summed E-state index contributed by atoms with van der Waals surface area (Å²) in [5, 5.41) is 0. The van der Waals surface area contributed by atoms with Crippen molar-refractivity contribution in [1.82, 2.24) is 0 Å². The summed E-state index contributed by atoms with van der Waals surface area (Å²) in [5.41, 5.74) is 0. The van der Waals surface area contributed by atoms with Gasteiger partial charge in [0.1, 0.15) is 5.79 Å². The van der Waals surface area contributed by atoms with Crippen LogP contribution in [0.3, 0.4) is 0 Å². The summed E-state index contributed by atoms with van der Waals surface area (Å²) in [6, 6.07) is 0.839. The Labute approximate surface area is 66.8 Å². The summed E-state index contributed by atoms with van der Waals surface area (Å²) in [6.07, 6.45) is 3.30. The quantitative estimate of drug-likeness (QED) is 0.587. The maximum atomic E-state index is 12.9. The van der Waals surface area contributed by atoms with E-state index in [4.69, 9.17) is 4.43 Å². The predicted octanol–water partition coefficient (Wildman–Crippen LogP) is 1.88. The largest absolute Gasteiger partial charge is 0.417 e. The Morgan fingerprint density at radius 3 is 2.82 bits per heavy atom. The van der Waals surface area contributed by atoms with Gasteiger partial charge in [0.05, 0.1) is 6.33 Å². The van der Waals surface area contributed by atoms with E-state index in [-0.39, 0.29) is 6.33 Å². The van der Waals surface area contributed by atoms with Crippen LogP contribution in [0, 0.1) is 0 Å². The van der Waals surface area contributed by atoms with Gasteiger partial charge in [-0.15, -0.1) is 0 Å². The number of rotatable bonds is 2. The summed E-state index contributed by atoms with van der Waals surface area (Å²) in [6.45, 7) is 0.664. The first-order valence-electron chi connectivity index (χ1n) is 3.87. The second-order valence-corrected chi connectivity index (χ2v) is 5.29. The highest BCUT2D eigenvalue weighted by molar-refractivity contribution is 6.54. The molecule has 4 heteroatoms. The molecule has 1 aliphatic heterocycles. The molecule has 0 N–H and O–H groups in total. The average Bonchev–Trinajstić information content (AvgIpc) is 2.07. The minimum atomic E-state index is -1.73. The third-order valence-electron chi connectivity index (χ3n) is 1.83. The van der Waals surface area contributed by atoms with Crippen molar-refractivity contribution >= 4 is 9.04 Å². The molecule has 0 amide bonds. The van der Waals surface area contributed by atoms with Crippen LogP contribution in [-0.4, -0.2) is 21.4 Å². The van der Waals surface area contributed by atoms with Crippen LogP contribution in [0.5, 0.6) is 0 Å². The zero-order chi connectivity index (χ0) is 8.10. The van der Waals surface area contributed by atoms with Crippen molar-refractivity contribution in [2.75, 3.05) is 6.61 Å². The van der Waals surface area contributed by atoms with E-state index in [9.17, 15) is 8.78 Å². The second kappa shape index (κ2) is 4.61. The molecule has 0 spiro atoms. The van der Waals surface area contributed by atoms with Crippen LogP contribution >= 0.6 is 0 Å². The summed E-state index contributed by atoms with van der Waals surface area (Å²) in [4.78, 5) is 0. The van der Waals surface area contributed by atoms with Gasteiger partial charge >= 0.3 is 0 Å². The van der Waals surface area contributed by atoms with E-state index in [0.717, 1.165) is 25.0 Å². The van der Waals surface area contributed by atoms with Crippen molar-refractivity contribution in [3.05, 3.63) is 12.4 Å². The van der Waals surface area contributed by atoms with E-state index in [1.54, 1.807) is 0 Å². The molecule has 0 bridgehead atoms. The minimum absolute atomic E-state index is 0.273. The Morgan fingerprint density at radius 2 is 2.27 bits per heavy atom. The van der Waals surface area contributed by atoms with Crippen LogP contribution in [0.2, 0.25) is 6.04 Å². The lowest BCUT2D eigenvalue weighted by molar-refractivity contribution is 0.265. The first kappa shape index (κ1) is 8.87. The molecule has 1 aliphatic rings. The van der Waals surface area contributed by atoms with Gasteiger partial charge in [-0.3, -0.25) is 0 Å². The molecular formula is C7H12F2OSi. The molecule has 1 fully saturated rings. The molecule has 0 radical (unpaired) electrons. The fourth-order valence-electron chi connectivity index (χ4n) is 1.21. The topological polar surface area (TPSA) is 9.23 Å². The molecule has 1 saturated heterocycles. The van der Waals surface area contributed by atoms with Crippen LogP contribution in [-0.2, 0) is 4.43 Å². The molecule has 64 valence electrons. The molecular weight excluding hydrogens is 166 g/mol. The van der Waals surface area contributed by atoms with E-state index < -0.39 is 14.8 Å². The second-order valence-electron chi connectivity index (χ2n) is 2.67. The number of allylic oxidation sites excluding steroid dienone is 1. The van der Waals surface area contributed by atoms with Gasteiger partial charge in [-0.05, 0) is 18.5 Å². The van der Waals surface area contributed by atoms with Crippen molar-refractivity contribution in [1.29, 1.82) is 0 Å². The van der Waals surface area contributed by atoms with Crippen molar-refractivity contribution in [2.24, 2.45) is 0 Å². The monoisotopic (exact) mass is 178 g/mol. The maximum Gasteiger partial charge on any atom is 0.216 e. The first-order chi connectivity index (χ1) is 5.34. The normalized spacial score (nSPS) is 29.1. The van der Waals surface area contributed by atoms with Gasteiger partial charge in [-0.25, -0.2) is 8.78 Å². The van der Waals surface area contributed by atoms with Gasteiger partial charge in [0, 0.05) is 6.61 Å². The van der Waals surface area contributed by atoms with E-state index in [2.05, 4.69) is 0 Å². The van der Waals surface area contributed by atoms with E-state index >= 15 is 0 Å². The molecule has 0 aromatic rings. The van der Waals surface area contributed by atoms with Gasteiger partial charge in [0.2, 0.25) is 9.04 Å². The predicted molar refractivity (Wildman–Crippen MR) is 42.3 cm³/mol. The van der Waals surface area contributed by atoms with Crippen molar-refractivity contribution in [3.8, 4) is 0 Å². The molecule has 0 saturated carbocycles. The molecule has 0 aromatic heterocycles. The zero-order valence-corrected chi connectivity index (χ0v) is 7.46. The minimum Gasteiger partial charge on any atom is -0.417 e. The van der Waals surface area contributed by atoms with E-state index in [1.165, 1.54) is 0 Å². The first-order valence-corrected chi connectivity index (χ1v) is 5.82.